The number of nitrogens with zero attached hydrogens (tertiary/aromatic N) is 1. The van der Waals surface area contributed by atoms with E-state index in [1.54, 1.807) is 0 Å². The van der Waals surface area contributed by atoms with Crippen LogP contribution in [0.2, 0.25) is 0 Å². The SMILES string of the molecule is Br.N#C[S][In]. The van der Waals surface area contributed by atoms with Crippen LogP contribution in [0.4, 0.5) is 0 Å². The summed E-state index contributed by atoms with van der Waals surface area (Å²) >= 11 is 0.996. The number of thiocyanates is 1. The third-order valence-corrected chi connectivity index (χ3v) is 1.06. The van der Waals surface area contributed by atoms with Crippen molar-refractivity contribution < 1.29 is 0 Å². The number of rotatable bonds is 0. The van der Waals surface area contributed by atoms with E-state index >= 15 is 0 Å². The summed E-state index contributed by atoms with van der Waals surface area (Å²) in [5.41, 5.74) is 0. The number of halogens is 1. The Bertz CT molecular complexity index is 41.4. The number of hydrogen-bond acceptors (Lipinski definition) is 2. The molecular weight excluding hydrogens is 253 g/mol. The molecule has 0 saturated carbocycles. The Morgan fingerprint density at radius 1 is 1.80 bits per heavy atom. The molecular formula is CHBrInNS. The zero-order valence-corrected chi connectivity index (χ0v) is 8.17. The summed E-state index contributed by atoms with van der Waals surface area (Å²) in [4.78, 5) is 0. The van der Waals surface area contributed by atoms with Crippen LogP contribution in [-0.2, 0) is 0 Å². The van der Waals surface area contributed by atoms with Gasteiger partial charge in [-0.05, 0) is 0 Å². The standard InChI is InChI=1S/CHNS.BrH.In/c2-1-3;;/h3H;1H;/q;;+1/p-1. The first-order chi connectivity index (χ1) is 1.91. The molecule has 26 valence electrons. The average molecular weight is 254 g/mol. The molecule has 0 aliphatic rings. The Kier molecular flexibility index (Phi) is 17.0. The first kappa shape index (κ1) is 9.50. The van der Waals surface area contributed by atoms with Crippen molar-refractivity contribution in [2.24, 2.45) is 0 Å². The van der Waals surface area contributed by atoms with Crippen LogP contribution in [0.1, 0.15) is 0 Å². The first-order valence-electron chi connectivity index (χ1n) is 0.663. The zero-order chi connectivity index (χ0) is 3.41. The molecule has 0 bridgehead atoms. The second-order valence-electron chi connectivity index (χ2n) is 0.209. The molecule has 0 atom stereocenters. The van der Waals surface area contributed by atoms with E-state index < -0.39 is 0 Å². The van der Waals surface area contributed by atoms with Crippen molar-refractivity contribution in [2.75, 3.05) is 0 Å². The van der Waals surface area contributed by atoms with Gasteiger partial charge in [-0.3, -0.25) is 0 Å². The molecule has 0 amide bonds. The fourth-order valence-corrected chi connectivity index (χ4v) is 0. The van der Waals surface area contributed by atoms with Crippen LogP contribution in [0.15, 0.2) is 0 Å². The molecule has 0 aromatic heterocycles. The van der Waals surface area contributed by atoms with Crippen LogP contribution in [0, 0.1) is 10.7 Å². The topological polar surface area (TPSA) is 23.8 Å². The van der Waals surface area contributed by atoms with Gasteiger partial charge in [-0.1, -0.05) is 0 Å². The van der Waals surface area contributed by atoms with Gasteiger partial charge in [0, 0.05) is 0 Å². The molecule has 0 unspecified atom stereocenters. The van der Waals surface area contributed by atoms with Gasteiger partial charge in [-0.25, -0.2) is 0 Å². The van der Waals surface area contributed by atoms with E-state index in [2.05, 4.69) is 0 Å². The van der Waals surface area contributed by atoms with Crippen LogP contribution in [0.5, 0.6) is 0 Å². The van der Waals surface area contributed by atoms with E-state index in [1.165, 1.54) is 8.59 Å². The maximum atomic E-state index is 7.62. The van der Waals surface area contributed by atoms with E-state index in [0.717, 1.165) is 22.9 Å². The second-order valence-corrected chi connectivity index (χ2v) is 2.65. The molecule has 2 radical (unpaired) electrons. The summed E-state index contributed by atoms with van der Waals surface area (Å²) in [5, 5.41) is 9.53. The quantitative estimate of drug-likeness (QED) is 0.598. The van der Waals surface area contributed by atoms with E-state index in [1.807, 2.05) is 5.40 Å². The molecule has 0 aromatic carbocycles. The van der Waals surface area contributed by atoms with E-state index in [9.17, 15) is 0 Å². The molecule has 0 aromatic rings. The van der Waals surface area contributed by atoms with Gasteiger partial charge in [-0.2, -0.15) is 0 Å². The van der Waals surface area contributed by atoms with Crippen molar-refractivity contribution in [3.05, 3.63) is 0 Å². The van der Waals surface area contributed by atoms with Gasteiger partial charge in [0.1, 0.15) is 0 Å². The maximum absolute atomic E-state index is 7.62. The average Bonchev–Trinajstić information content (AvgIpc) is 1.37. The Hall–Kier alpha value is 1.19. The fraction of sp³-hybridized carbons (Fsp3) is 0. The molecule has 0 fully saturated rings. The van der Waals surface area contributed by atoms with Gasteiger partial charge in [-0.15, -0.1) is 17.0 Å². The fourth-order valence-electron chi connectivity index (χ4n) is 0. The van der Waals surface area contributed by atoms with Crippen molar-refractivity contribution in [3.63, 3.8) is 0 Å². The summed E-state index contributed by atoms with van der Waals surface area (Å²) in [5.74, 6) is 0. The third kappa shape index (κ3) is 11.0. The van der Waals surface area contributed by atoms with Crippen molar-refractivity contribution in [1.29, 1.82) is 5.26 Å². The molecule has 0 spiro atoms. The Labute approximate surface area is 58.7 Å². The van der Waals surface area contributed by atoms with Crippen LogP contribution in [0.3, 0.4) is 0 Å². The van der Waals surface area contributed by atoms with Crippen molar-refractivity contribution in [1.82, 2.24) is 0 Å². The van der Waals surface area contributed by atoms with Crippen molar-refractivity contribution >= 4 is 48.5 Å². The molecule has 4 heteroatoms. The van der Waals surface area contributed by atoms with Gasteiger partial charge >= 0.3 is 42.2 Å². The van der Waals surface area contributed by atoms with Crippen LogP contribution in [0.25, 0.3) is 0 Å². The van der Waals surface area contributed by atoms with Crippen LogP contribution in [-0.4, -0.2) is 22.9 Å². The third-order valence-electron chi connectivity index (χ3n) is 0.0527. The number of nitriles is 1. The Balaban J connectivity index is 0. The minimum atomic E-state index is 0. The molecule has 0 N–H and O–H groups in total. The van der Waals surface area contributed by atoms with Crippen molar-refractivity contribution in [3.8, 4) is 5.40 Å². The van der Waals surface area contributed by atoms with Crippen LogP contribution < -0.4 is 0 Å². The summed E-state index contributed by atoms with van der Waals surface area (Å²) in [6, 6.07) is 0. The van der Waals surface area contributed by atoms with E-state index in [4.69, 9.17) is 5.26 Å². The van der Waals surface area contributed by atoms with E-state index in [-0.39, 0.29) is 17.0 Å². The summed E-state index contributed by atoms with van der Waals surface area (Å²) in [6.45, 7) is 0. The minimum absolute atomic E-state index is 0. The van der Waals surface area contributed by atoms with Gasteiger partial charge in [0.2, 0.25) is 0 Å². The van der Waals surface area contributed by atoms with Crippen molar-refractivity contribution in [2.45, 2.75) is 0 Å². The monoisotopic (exact) mass is 253 g/mol. The summed E-state index contributed by atoms with van der Waals surface area (Å²) < 4.78 is 0. The molecule has 0 aliphatic carbocycles. The predicted octanol–water partition coefficient (Wildman–Crippen LogP) is 0.862. The van der Waals surface area contributed by atoms with Gasteiger partial charge < -0.3 is 0 Å². The summed E-state index contributed by atoms with van der Waals surface area (Å²) in [7, 11) is 1.29. The Morgan fingerprint density at radius 3 is 2.00 bits per heavy atom. The molecule has 0 rings (SSSR count). The summed E-state index contributed by atoms with van der Waals surface area (Å²) in [6.07, 6.45) is 0. The normalized spacial score (nSPS) is 3.80. The Morgan fingerprint density at radius 2 is 2.00 bits per heavy atom. The molecule has 0 heterocycles. The second kappa shape index (κ2) is 8.95. The van der Waals surface area contributed by atoms with E-state index in [0.29, 0.717) is 0 Å². The van der Waals surface area contributed by atoms with Gasteiger partial charge in [0.15, 0.2) is 0 Å². The van der Waals surface area contributed by atoms with Gasteiger partial charge in [0.05, 0.1) is 0 Å². The molecule has 0 aliphatic heterocycles. The molecule has 5 heavy (non-hydrogen) atoms. The first-order valence-corrected chi connectivity index (χ1v) is 5.58. The molecule has 0 saturated heterocycles. The van der Waals surface area contributed by atoms with Gasteiger partial charge in [0.25, 0.3) is 0 Å². The number of hydrogen-bond donors (Lipinski definition) is 0. The predicted molar refractivity (Wildman–Crippen MR) is 29.3 cm³/mol. The molecule has 1 nitrogen and oxygen atoms in total. The van der Waals surface area contributed by atoms with Crippen LogP contribution >= 0.6 is 25.6 Å². The zero-order valence-electron chi connectivity index (χ0n) is 2.34.